The minimum atomic E-state index is -0.370. The number of carbonyl (C=O) groups is 1. The number of thiophene rings is 1. The molecule has 0 aliphatic heterocycles. The Morgan fingerprint density at radius 3 is 2.43 bits per heavy atom. The topological polar surface area (TPSA) is 49.8 Å². The van der Waals surface area contributed by atoms with Crippen molar-refractivity contribution in [3.8, 4) is 5.75 Å². The van der Waals surface area contributed by atoms with Gasteiger partial charge in [-0.05, 0) is 36.8 Å². The molecule has 5 heteroatoms. The molecule has 1 amide bonds. The van der Waals surface area contributed by atoms with Gasteiger partial charge in [-0.3, -0.25) is 4.79 Å². The van der Waals surface area contributed by atoms with Crippen LogP contribution in [0.3, 0.4) is 0 Å². The minimum Gasteiger partial charge on any atom is -0.497 e. The average molecular weight is 305 g/mol. The van der Waals surface area contributed by atoms with Crippen LogP contribution in [0.4, 0.5) is 0 Å². The summed E-state index contributed by atoms with van der Waals surface area (Å²) in [6.45, 7) is 1.84. The number of aliphatic hydroxyl groups excluding tert-OH is 1. The first-order valence-corrected chi connectivity index (χ1v) is 7.47. The molecule has 0 aliphatic carbocycles. The van der Waals surface area contributed by atoms with E-state index >= 15 is 0 Å². The van der Waals surface area contributed by atoms with E-state index < -0.39 is 0 Å². The molecule has 0 spiro atoms. The van der Waals surface area contributed by atoms with Crippen LogP contribution in [-0.4, -0.2) is 36.7 Å². The summed E-state index contributed by atoms with van der Waals surface area (Å²) in [5.74, 6) is 0.668. The molecule has 1 aromatic heterocycles. The molecule has 0 bridgehead atoms. The number of rotatable bonds is 5. The zero-order chi connectivity index (χ0) is 15.4. The van der Waals surface area contributed by atoms with Gasteiger partial charge in [0, 0.05) is 11.9 Å². The lowest BCUT2D eigenvalue weighted by atomic mass is 10.1. The first-order valence-electron chi connectivity index (χ1n) is 6.65. The maximum atomic E-state index is 12.5. The Hall–Kier alpha value is -1.85. The number of amides is 1. The van der Waals surface area contributed by atoms with Crippen molar-refractivity contribution in [3.63, 3.8) is 0 Å². The third kappa shape index (κ3) is 3.43. The highest BCUT2D eigenvalue weighted by atomic mass is 32.1. The van der Waals surface area contributed by atoms with Gasteiger partial charge in [0.1, 0.15) is 5.75 Å². The van der Waals surface area contributed by atoms with E-state index in [0.29, 0.717) is 4.88 Å². The fourth-order valence-corrected chi connectivity index (χ4v) is 2.99. The van der Waals surface area contributed by atoms with Crippen LogP contribution in [0.1, 0.15) is 26.2 Å². The molecular formula is C16H19NO3S. The molecule has 0 saturated carbocycles. The van der Waals surface area contributed by atoms with Crippen LogP contribution >= 0.6 is 11.3 Å². The van der Waals surface area contributed by atoms with Gasteiger partial charge in [-0.25, -0.2) is 0 Å². The highest BCUT2D eigenvalue weighted by molar-refractivity contribution is 7.13. The lowest BCUT2D eigenvalue weighted by Crippen LogP contribution is -2.32. The van der Waals surface area contributed by atoms with Crippen molar-refractivity contribution in [2.45, 2.75) is 13.0 Å². The first-order chi connectivity index (χ1) is 10.1. The van der Waals surface area contributed by atoms with Gasteiger partial charge in [0.05, 0.1) is 24.6 Å². The standard InChI is InChI=1S/C16H19NO3S/c1-11-4-9-15(21-11)16(19)17(2)14(10-18)12-5-7-13(20-3)8-6-12/h4-9,14,18H,10H2,1-3H3/t14-/m1/s1. The van der Waals surface area contributed by atoms with Gasteiger partial charge in [-0.15, -0.1) is 11.3 Å². The van der Waals surface area contributed by atoms with Crippen LogP contribution in [-0.2, 0) is 0 Å². The number of hydrogen-bond acceptors (Lipinski definition) is 4. The zero-order valence-corrected chi connectivity index (χ0v) is 13.2. The molecule has 21 heavy (non-hydrogen) atoms. The number of likely N-dealkylation sites (N-methyl/N-ethyl adjacent to an activating group) is 1. The van der Waals surface area contributed by atoms with Crippen molar-refractivity contribution < 1.29 is 14.6 Å². The quantitative estimate of drug-likeness (QED) is 0.924. The molecule has 0 radical (unpaired) electrons. The van der Waals surface area contributed by atoms with E-state index in [2.05, 4.69) is 0 Å². The second-order valence-corrected chi connectivity index (χ2v) is 6.09. The number of methoxy groups -OCH3 is 1. The van der Waals surface area contributed by atoms with Crippen LogP contribution in [0, 0.1) is 6.92 Å². The Bertz CT molecular complexity index is 606. The predicted octanol–water partition coefficient (Wildman–Crippen LogP) is 2.87. The van der Waals surface area contributed by atoms with Crippen LogP contribution in [0.5, 0.6) is 5.75 Å². The van der Waals surface area contributed by atoms with Gasteiger partial charge in [0.2, 0.25) is 0 Å². The molecule has 0 fully saturated rings. The van der Waals surface area contributed by atoms with Crippen LogP contribution in [0.2, 0.25) is 0 Å². The third-order valence-electron chi connectivity index (χ3n) is 3.41. The van der Waals surface area contributed by atoms with E-state index in [1.54, 1.807) is 19.1 Å². The zero-order valence-electron chi connectivity index (χ0n) is 12.4. The van der Waals surface area contributed by atoms with E-state index in [1.807, 2.05) is 43.3 Å². The fourth-order valence-electron chi connectivity index (χ4n) is 2.14. The molecule has 0 unspecified atom stereocenters. The summed E-state index contributed by atoms with van der Waals surface area (Å²) in [5.41, 5.74) is 0.877. The summed E-state index contributed by atoms with van der Waals surface area (Å²) in [5, 5.41) is 9.66. The summed E-state index contributed by atoms with van der Waals surface area (Å²) >= 11 is 1.46. The van der Waals surface area contributed by atoms with E-state index in [9.17, 15) is 9.90 Å². The van der Waals surface area contributed by atoms with Crippen molar-refractivity contribution in [2.24, 2.45) is 0 Å². The molecular weight excluding hydrogens is 286 g/mol. The number of benzene rings is 1. The van der Waals surface area contributed by atoms with Crippen molar-refractivity contribution in [1.29, 1.82) is 0 Å². The molecule has 1 atom stereocenters. The molecule has 1 heterocycles. The summed E-state index contributed by atoms with van der Waals surface area (Å²) < 4.78 is 5.12. The Morgan fingerprint density at radius 1 is 1.29 bits per heavy atom. The smallest absolute Gasteiger partial charge is 0.264 e. The van der Waals surface area contributed by atoms with Gasteiger partial charge in [0.25, 0.3) is 5.91 Å². The fraction of sp³-hybridized carbons (Fsp3) is 0.312. The second-order valence-electron chi connectivity index (χ2n) is 4.80. The van der Waals surface area contributed by atoms with Crippen LogP contribution in [0.25, 0.3) is 0 Å². The molecule has 4 nitrogen and oxygen atoms in total. The lowest BCUT2D eigenvalue weighted by molar-refractivity contribution is 0.0663. The first kappa shape index (κ1) is 15.5. The van der Waals surface area contributed by atoms with Gasteiger partial charge in [-0.1, -0.05) is 12.1 Å². The predicted molar refractivity (Wildman–Crippen MR) is 84.0 cm³/mol. The number of carbonyl (C=O) groups excluding carboxylic acids is 1. The second kappa shape index (κ2) is 6.74. The van der Waals surface area contributed by atoms with E-state index in [0.717, 1.165) is 16.2 Å². The normalized spacial score (nSPS) is 12.0. The number of aliphatic hydroxyl groups is 1. The Balaban J connectivity index is 2.21. The minimum absolute atomic E-state index is 0.0806. The van der Waals surface area contributed by atoms with Crippen LogP contribution < -0.4 is 4.74 Å². The maximum Gasteiger partial charge on any atom is 0.264 e. The van der Waals surface area contributed by atoms with E-state index in [4.69, 9.17) is 4.74 Å². The van der Waals surface area contributed by atoms with Crippen molar-refractivity contribution >= 4 is 17.2 Å². The van der Waals surface area contributed by atoms with Crippen molar-refractivity contribution in [1.82, 2.24) is 4.90 Å². The molecule has 2 aromatic rings. The van der Waals surface area contributed by atoms with Gasteiger partial charge in [0.15, 0.2) is 0 Å². The summed E-state index contributed by atoms with van der Waals surface area (Å²) in [6, 6.07) is 10.8. The third-order valence-corrected chi connectivity index (χ3v) is 4.40. The number of ether oxygens (including phenoxy) is 1. The highest BCUT2D eigenvalue weighted by Crippen LogP contribution is 2.25. The molecule has 2 rings (SSSR count). The van der Waals surface area contributed by atoms with Gasteiger partial charge < -0.3 is 14.7 Å². The molecule has 1 N–H and O–H groups in total. The van der Waals surface area contributed by atoms with E-state index in [-0.39, 0.29) is 18.6 Å². The summed E-state index contributed by atoms with van der Waals surface area (Å²) in [6.07, 6.45) is 0. The van der Waals surface area contributed by atoms with Crippen LogP contribution in [0.15, 0.2) is 36.4 Å². The van der Waals surface area contributed by atoms with Crippen molar-refractivity contribution in [2.75, 3.05) is 20.8 Å². The largest absolute Gasteiger partial charge is 0.497 e. The van der Waals surface area contributed by atoms with Gasteiger partial charge in [-0.2, -0.15) is 0 Å². The maximum absolute atomic E-state index is 12.5. The highest BCUT2D eigenvalue weighted by Gasteiger charge is 2.23. The molecule has 1 aromatic carbocycles. The SMILES string of the molecule is COc1ccc([C@@H](CO)N(C)C(=O)c2ccc(C)s2)cc1. The summed E-state index contributed by atoms with van der Waals surface area (Å²) in [4.78, 5) is 15.8. The molecule has 112 valence electrons. The molecule has 0 aliphatic rings. The number of hydrogen-bond donors (Lipinski definition) is 1. The lowest BCUT2D eigenvalue weighted by Gasteiger charge is -2.26. The Kier molecular flexibility index (Phi) is 4.98. The monoisotopic (exact) mass is 305 g/mol. The Morgan fingerprint density at radius 2 is 1.95 bits per heavy atom. The van der Waals surface area contributed by atoms with Crippen molar-refractivity contribution in [3.05, 3.63) is 51.7 Å². The number of aryl methyl sites for hydroxylation is 1. The van der Waals surface area contributed by atoms with E-state index in [1.165, 1.54) is 11.3 Å². The number of nitrogens with zero attached hydrogens (tertiary/aromatic N) is 1. The van der Waals surface area contributed by atoms with Gasteiger partial charge >= 0.3 is 0 Å². The average Bonchev–Trinajstić information content (AvgIpc) is 2.94. The molecule has 0 saturated heterocycles. The summed E-state index contributed by atoms with van der Waals surface area (Å²) in [7, 11) is 3.32. The Labute approximate surface area is 128 Å².